The highest BCUT2D eigenvalue weighted by molar-refractivity contribution is 5.74. The van der Waals surface area contributed by atoms with Crippen LogP contribution in [0.1, 0.15) is 107 Å². The molecule has 4 saturated heterocycles. The lowest BCUT2D eigenvalue weighted by molar-refractivity contribution is -0.387. The van der Waals surface area contributed by atoms with E-state index in [9.17, 15) is 70.6 Å². The van der Waals surface area contributed by atoms with Crippen LogP contribution in [0, 0.1) is 56.2 Å². The van der Waals surface area contributed by atoms with Crippen LogP contribution < -0.4 is 0 Å². The number of nitrogens with zero attached hydrogens (tertiary/aromatic N) is 1. The zero-order valence-electron chi connectivity index (χ0n) is 51.5. The van der Waals surface area contributed by atoms with Crippen LogP contribution in [0.5, 0.6) is 0 Å². The predicted octanol–water partition coefficient (Wildman–Crippen LogP) is -2.32. The number of aliphatic carboxylic acids is 1. The van der Waals surface area contributed by atoms with Crippen LogP contribution in [0.25, 0.3) is 0 Å². The number of hydrogen-bond donors (Lipinski definition) is 14. The molecule has 27 nitrogen and oxygen atoms in total. The highest BCUT2D eigenvalue weighted by Crippen LogP contribution is 2.77. The number of carboxylic acid groups (broad SMARTS) is 1. The minimum absolute atomic E-state index is 0.0482. The van der Waals surface area contributed by atoms with Crippen molar-refractivity contribution < 1.29 is 129 Å². The number of hydrogen-bond acceptors (Lipinski definition) is 26. The second-order valence-corrected chi connectivity index (χ2v) is 27.8. The first-order valence-corrected chi connectivity index (χ1v) is 30.8. The molecule has 500 valence electrons. The van der Waals surface area contributed by atoms with Crippen molar-refractivity contribution in [1.29, 1.82) is 0 Å². The summed E-state index contributed by atoms with van der Waals surface area (Å²) in [6, 6.07) is 0. The molecule has 27 heteroatoms. The molecule has 0 radical (unpaired) electrons. The van der Waals surface area contributed by atoms with Gasteiger partial charge in [0.2, 0.25) is 0 Å². The first kappa shape index (κ1) is 70.2. The van der Waals surface area contributed by atoms with E-state index in [1.165, 1.54) is 12.5 Å². The summed E-state index contributed by atoms with van der Waals surface area (Å²) in [7, 11) is 0. The molecule has 9 rings (SSSR count). The number of allylic oxidation sites excluding steroid dienone is 2. The van der Waals surface area contributed by atoms with Gasteiger partial charge in [-0.05, 0) is 98.2 Å². The molecule has 5 aliphatic carbocycles. The first-order valence-electron chi connectivity index (χ1n) is 30.8. The van der Waals surface area contributed by atoms with Gasteiger partial charge in [0.25, 0.3) is 0 Å². The van der Waals surface area contributed by atoms with Crippen LogP contribution in [0.4, 0.5) is 0 Å². The Hall–Kier alpha value is -2.69. The van der Waals surface area contributed by atoms with E-state index in [-0.39, 0.29) is 56.2 Å². The topological polar surface area (TPSA) is 421 Å². The second kappa shape index (κ2) is 27.1. The molecule has 6 unspecified atom stereocenters. The van der Waals surface area contributed by atoms with E-state index in [2.05, 4.69) is 40.7 Å². The number of ether oxygens (including phenoxy) is 9. The van der Waals surface area contributed by atoms with Gasteiger partial charge in [0.05, 0.1) is 75.4 Å². The number of carboxylic acids is 1. The highest BCUT2D eigenvalue weighted by Gasteiger charge is 2.76. The van der Waals surface area contributed by atoms with Gasteiger partial charge in [-0.15, -0.1) is 0 Å². The van der Waals surface area contributed by atoms with Gasteiger partial charge >= 0.3 is 17.9 Å². The van der Waals surface area contributed by atoms with Crippen molar-refractivity contribution in [1.82, 2.24) is 4.90 Å². The number of rotatable bonds is 20. The maximum Gasteiger partial charge on any atom is 0.335 e. The monoisotopic (exact) mass is 1250 g/mol. The maximum atomic E-state index is 13.6. The zero-order chi connectivity index (χ0) is 64.3. The van der Waals surface area contributed by atoms with Crippen LogP contribution >= 0.6 is 0 Å². The average Bonchev–Trinajstić information content (AvgIpc) is 1.66. The van der Waals surface area contributed by atoms with Crippen molar-refractivity contribution >= 4 is 17.9 Å². The van der Waals surface area contributed by atoms with Crippen LogP contribution in [0.2, 0.25) is 0 Å². The van der Waals surface area contributed by atoms with E-state index >= 15 is 0 Å². The Kier molecular flexibility index (Phi) is 21.9. The molecule has 0 aromatic rings. The first-order chi connectivity index (χ1) is 40.8. The van der Waals surface area contributed by atoms with Gasteiger partial charge in [0, 0.05) is 32.0 Å². The summed E-state index contributed by atoms with van der Waals surface area (Å²) in [5.41, 5.74) is -2.40. The predicted molar refractivity (Wildman–Crippen MR) is 299 cm³/mol. The summed E-state index contributed by atoms with van der Waals surface area (Å²) in [4.78, 5) is 40.2. The summed E-state index contributed by atoms with van der Waals surface area (Å²) in [6.07, 6.45) is -22.8. The fourth-order valence-electron chi connectivity index (χ4n) is 17.3. The standard InChI is InChI=1S/C54H84O23.C6H15NO3/c1-22(23(2)71-24(3)57)45(68)70-21-54-26-16-49(4,5)43(42(54)65)73-32(54)17-53(9)25(26)10-11-30-50(6)14-13-31(51(7,20-56)29(50)12-15-52(30,53)8)74-48-40(76-46-36(62)33(59)27(58)19-69-46)38(64)39(41(77-48)44(66)67)75-47-37(63)35(61)34(60)28(18-55)72-47;8-4-1-7(2-5-9)3-6-10/h10,22-23,26-43,46-48,55-56,58-65H,11-21H2,1-9H3,(H,66,67);8-10H,1-6H2/t22?,23?,26?,27-,28+,29?,30?,31-,32-,33+,34+,35-,36-,37+,38-,39?,40+,41-,42+,43-,46+,47+,48+,50-,51+,52+,53+,54-;/m0./s1. The Balaban J connectivity index is 0.000000900. The molecule has 2 bridgehead atoms. The van der Waals surface area contributed by atoms with Crippen LogP contribution in [-0.4, -0.2) is 277 Å². The molecule has 9 aliphatic rings. The van der Waals surface area contributed by atoms with E-state index in [0.717, 1.165) is 0 Å². The molecule has 0 aromatic heterocycles. The SMILES string of the molecule is CC(=O)OC(C)C(C)C(=O)OC[C@]12C3CC(C)(C)[C@@H](O[C@H]1C[C@]1(C)C3=CCC3[C@@]4(C)CC[C@H](O[C@@H]5O[C@H](C(=O)O)C(O[C@H]6O[C@H](CO)[C@@H](O)[C@H](O)[C@H]6O)[C@H](O)[C@H]5O[C@H]5OC[C@H](O)[C@@H](O)[C@@H]5O)[C@](C)(CO)C4CC[C@]31C)[C@H]2O.OCCN(CCO)CCO. The number of fused-ring (bicyclic) bond motifs is 7. The van der Waals surface area contributed by atoms with E-state index < -0.39 is 181 Å². The van der Waals surface area contributed by atoms with Crippen molar-refractivity contribution in [3.05, 3.63) is 11.6 Å². The van der Waals surface area contributed by atoms with E-state index in [4.69, 9.17) is 58.0 Å². The molecule has 4 saturated carbocycles. The maximum absolute atomic E-state index is 13.6. The molecular weight excluding hydrogens is 1150 g/mol. The minimum atomic E-state index is -2.09. The molecule has 87 heavy (non-hydrogen) atoms. The van der Waals surface area contributed by atoms with Gasteiger partial charge < -0.3 is 114 Å². The Labute approximate surface area is 507 Å². The Bertz CT molecular complexity index is 2390. The molecule has 0 spiro atoms. The average molecular weight is 1250 g/mol. The van der Waals surface area contributed by atoms with Crippen LogP contribution in [-0.2, 0) is 57.0 Å². The molecule has 4 aliphatic heterocycles. The van der Waals surface area contributed by atoms with Crippen molar-refractivity contribution in [3.63, 3.8) is 0 Å². The number of esters is 2. The van der Waals surface area contributed by atoms with Crippen molar-refractivity contribution in [3.8, 4) is 0 Å². The summed E-state index contributed by atoms with van der Waals surface area (Å²) in [5.74, 6) is -3.82. The molecule has 4 heterocycles. The lowest BCUT2D eigenvalue weighted by atomic mass is 9.33. The van der Waals surface area contributed by atoms with Crippen LogP contribution in [0.15, 0.2) is 11.6 Å². The third kappa shape index (κ3) is 12.5. The van der Waals surface area contributed by atoms with Gasteiger partial charge in [0.15, 0.2) is 25.0 Å². The van der Waals surface area contributed by atoms with Crippen molar-refractivity contribution in [2.24, 2.45) is 56.2 Å². The molecule has 0 aromatic carbocycles. The molecule has 14 N–H and O–H groups in total. The van der Waals surface area contributed by atoms with Gasteiger partial charge in [-0.25, -0.2) is 4.79 Å². The Morgan fingerprint density at radius 1 is 0.713 bits per heavy atom. The number of aliphatic hydroxyl groups is 13. The van der Waals surface area contributed by atoms with Crippen molar-refractivity contribution in [2.75, 3.05) is 65.9 Å². The van der Waals surface area contributed by atoms with Gasteiger partial charge in [-0.1, -0.05) is 53.2 Å². The quantitative estimate of drug-likeness (QED) is 0.0346. The van der Waals surface area contributed by atoms with E-state index in [1.807, 2.05) is 6.92 Å². The minimum Gasteiger partial charge on any atom is -0.479 e. The van der Waals surface area contributed by atoms with E-state index in [0.29, 0.717) is 64.6 Å². The normalized spacial score (nSPS) is 47.0. The van der Waals surface area contributed by atoms with Crippen LogP contribution in [0.3, 0.4) is 0 Å². The molecule has 28 atom stereocenters. The molecule has 0 amide bonds. The van der Waals surface area contributed by atoms with E-state index in [1.54, 1.807) is 18.7 Å². The number of carbonyl (C=O) groups is 3. The van der Waals surface area contributed by atoms with Gasteiger partial charge in [-0.2, -0.15) is 0 Å². The van der Waals surface area contributed by atoms with Crippen molar-refractivity contribution in [2.45, 2.75) is 224 Å². The lowest BCUT2D eigenvalue weighted by Crippen LogP contribution is -2.69. The largest absolute Gasteiger partial charge is 0.479 e. The Morgan fingerprint density at radius 3 is 1.94 bits per heavy atom. The number of aliphatic hydroxyl groups excluding tert-OH is 13. The summed E-state index contributed by atoms with van der Waals surface area (Å²) < 4.78 is 54.3. The molecule has 8 fully saturated rings. The molecular formula is C60H99NO26. The van der Waals surface area contributed by atoms with Gasteiger partial charge in [-0.3, -0.25) is 14.5 Å². The fourth-order valence-corrected chi connectivity index (χ4v) is 17.3. The lowest BCUT2D eigenvalue weighted by Gasteiger charge is -2.71. The number of carbonyl (C=O) groups excluding carboxylic acids is 2. The summed E-state index contributed by atoms with van der Waals surface area (Å²) in [6.45, 7) is 17.6. The van der Waals surface area contributed by atoms with Gasteiger partial charge in [0.1, 0.15) is 73.8 Å². The smallest absolute Gasteiger partial charge is 0.335 e. The third-order valence-corrected chi connectivity index (χ3v) is 22.6. The zero-order valence-corrected chi connectivity index (χ0v) is 51.5. The second-order valence-electron chi connectivity index (χ2n) is 27.8. The Morgan fingerprint density at radius 2 is 1.34 bits per heavy atom. The summed E-state index contributed by atoms with van der Waals surface area (Å²) >= 11 is 0. The fraction of sp³-hybridized carbons (Fsp3) is 0.917. The summed E-state index contributed by atoms with van der Waals surface area (Å²) in [5, 5.41) is 146. The highest BCUT2D eigenvalue weighted by atomic mass is 16.8. The third-order valence-electron chi connectivity index (χ3n) is 22.6.